The third-order valence-electron chi connectivity index (χ3n) is 3.52. The van der Waals surface area contributed by atoms with Gasteiger partial charge in [0.2, 0.25) is 0 Å². The molecule has 7 heteroatoms. The van der Waals surface area contributed by atoms with Gasteiger partial charge in [0.1, 0.15) is 0 Å². The van der Waals surface area contributed by atoms with Gasteiger partial charge in [0.25, 0.3) is 0 Å². The fourth-order valence-electron chi connectivity index (χ4n) is 2.21. The van der Waals surface area contributed by atoms with Crippen molar-refractivity contribution in [3.8, 4) is 0 Å². The third kappa shape index (κ3) is 5.18. The normalized spacial score (nSPS) is 12.5. The van der Waals surface area contributed by atoms with Gasteiger partial charge in [-0.15, -0.1) is 0 Å². The second kappa shape index (κ2) is 9.75. The van der Waals surface area contributed by atoms with E-state index in [9.17, 15) is 14.4 Å². The van der Waals surface area contributed by atoms with Gasteiger partial charge in [-0.1, -0.05) is 0 Å². The van der Waals surface area contributed by atoms with Crippen LogP contribution in [0.4, 0.5) is 0 Å². The van der Waals surface area contributed by atoms with Crippen LogP contribution in [0.5, 0.6) is 0 Å². The molecular weight excluding hydrogens is 401 g/mol. The van der Waals surface area contributed by atoms with Crippen LogP contribution in [0.2, 0.25) is 4.82 Å². The molecule has 2 aromatic carbocycles. The number of rotatable bonds is 7. The second-order valence-electron chi connectivity index (χ2n) is 5.21. The van der Waals surface area contributed by atoms with Crippen LogP contribution in [0.3, 0.4) is 0 Å². The van der Waals surface area contributed by atoms with Gasteiger partial charge in [0.05, 0.1) is 0 Å². The summed E-state index contributed by atoms with van der Waals surface area (Å²) in [6.07, 6.45) is 0. The van der Waals surface area contributed by atoms with E-state index in [2.05, 4.69) is 5.32 Å². The minimum atomic E-state index is -1.14. The van der Waals surface area contributed by atoms with Crippen LogP contribution < -0.4 is 9.78 Å². The Hall–Kier alpha value is -2.63. The van der Waals surface area contributed by atoms with Crippen molar-refractivity contribution >= 4 is 37.3 Å². The van der Waals surface area contributed by atoms with E-state index in [-0.39, 0.29) is 0 Å². The number of ether oxygens (including phenoxy) is 2. The van der Waals surface area contributed by atoms with Crippen LogP contribution >= 0.6 is 0 Å². The van der Waals surface area contributed by atoms with Crippen molar-refractivity contribution in [1.82, 2.24) is 5.32 Å². The predicted octanol–water partition coefficient (Wildman–Crippen LogP) is 0.949. The summed E-state index contributed by atoms with van der Waals surface area (Å²) in [5.41, 5.74) is 0.386. The number of hydrogen-bond donors (Lipinski definition) is 1. The Morgan fingerprint density at radius 1 is 0.846 bits per heavy atom. The quantitative estimate of drug-likeness (QED) is 0.533. The van der Waals surface area contributed by atoms with E-state index in [1.165, 1.54) is 14.2 Å². The van der Waals surface area contributed by atoms with Gasteiger partial charge < -0.3 is 0 Å². The fourth-order valence-corrected chi connectivity index (χ4v) is 4.55. The van der Waals surface area contributed by atoms with Crippen LogP contribution in [-0.2, 0) is 19.1 Å². The summed E-state index contributed by atoms with van der Waals surface area (Å²) in [7, 11) is 2.47. The van der Waals surface area contributed by atoms with Crippen molar-refractivity contribution in [2.45, 2.75) is 10.9 Å². The molecule has 0 spiro atoms. The first-order chi connectivity index (χ1) is 12.6. The average Bonchev–Trinajstić information content (AvgIpc) is 2.70. The first-order valence-corrected chi connectivity index (χ1v) is 9.64. The molecule has 0 heterocycles. The van der Waals surface area contributed by atoms with E-state index in [0.717, 1.165) is 4.46 Å². The van der Waals surface area contributed by atoms with Gasteiger partial charge in [0.15, 0.2) is 0 Å². The van der Waals surface area contributed by atoms with Crippen LogP contribution in [0.15, 0.2) is 60.7 Å². The van der Waals surface area contributed by atoms with Crippen molar-refractivity contribution in [3.05, 3.63) is 66.2 Å². The molecule has 0 unspecified atom stereocenters. The molecular formula is C19H19NO5Se. The molecule has 0 saturated carbocycles. The Morgan fingerprint density at radius 2 is 1.38 bits per heavy atom. The summed E-state index contributed by atoms with van der Waals surface area (Å²) >= 11 is -0.447. The molecule has 0 radical (unpaired) electrons. The Morgan fingerprint density at radius 3 is 1.92 bits per heavy atom. The number of carbonyl (C=O) groups is 3. The molecule has 1 amide bonds. The second-order valence-corrected chi connectivity index (χ2v) is 7.76. The maximum atomic E-state index is 12.5. The summed E-state index contributed by atoms with van der Waals surface area (Å²) in [4.78, 5) is 36.3. The van der Waals surface area contributed by atoms with Gasteiger partial charge in [-0.05, 0) is 0 Å². The first kappa shape index (κ1) is 19.7. The first-order valence-electron chi connectivity index (χ1n) is 7.80. The summed E-state index contributed by atoms with van der Waals surface area (Å²) in [5, 5.41) is 2.62. The number of benzene rings is 2. The summed E-state index contributed by atoms with van der Waals surface area (Å²) in [5.74, 6) is -1.72. The molecule has 0 fully saturated rings. The van der Waals surface area contributed by atoms with Crippen LogP contribution in [0.25, 0.3) is 0 Å². The Balaban J connectivity index is 2.29. The predicted molar refractivity (Wildman–Crippen MR) is 97.3 cm³/mol. The number of hydrogen-bond acceptors (Lipinski definition) is 5. The summed E-state index contributed by atoms with van der Waals surface area (Å²) in [6, 6.07) is 16.6. The Kier molecular flexibility index (Phi) is 7.38. The number of esters is 2. The number of carbonyl (C=O) groups excluding carboxylic acids is 3. The summed E-state index contributed by atoms with van der Waals surface area (Å²) < 4.78 is 10.6. The van der Waals surface area contributed by atoms with Gasteiger partial charge in [-0.25, -0.2) is 0 Å². The molecule has 6 nitrogen and oxygen atoms in total. The van der Waals surface area contributed by atoms with Crippen molar-refractivity contribution in [2.24, 2.45) is 0 Å². The zero-order valence-electron chi connectivity index (χ0n) is 14.4. The SMILES string of the molecule is COC(=O)[C@@H](NC(=O)c1ccccc1)[C@H]([Se]c1ccccc1)C(=O)OC. The zero-order valence-corrected chi connectivity index (χ0v) is 16.1. The molecule has 2 aromatic rings. The average molecular weight is 420 g/mol. The fraction of sp³-hybridized carbons (Fsp3) is 0.211. The van der Waals surface area contributed by atoms with E-state index in [0.29, 0.717) is 5.56 Å². The number of nitrogens with one attached hydrogen (secondary N) is 1. The van der Waals surface area contributed by atoms with Gasteiger partial charge in [-0.3, -0.25) is 0 Å². The molecule has 136 valence electrons. The van der Waals surface area contributed by atoms with E-state index in [1.807, 2.05) is 30.3 Å². The maximum absolute atomic E-state index is 12.5. The monoisotopic (exact) mass is 421 g/mol. The standard InChI is InChI=1S/C19H19NO5Se/c1-24-18(22)15(20-17(21)13-9-5-3-6-10-13)16(19(23)25-2)26-14-11-7-4-8-12-14/h3-12,15-16H,1-2H3,(H,20,21)/t15-,16-/m0/s1. The number of methoxy groups -OCH3 is 2. The molecule has 0 saturated heterocycles. The van der Waals surface area contributed by atoms with Crippen LogP contribution in [-0.4, -0.2) is 53.1 Å². The Labute approximate surface area is 158 Å². The molecule has 2 rings (SSSR count). The molecule has 0 aliphatic carbocycles. The van der Waals surface area contributed by atoms with Gasteiger partial charge in [0, 0.05) is 0 Å². The summed E-state index contributed by atoms with van der Waals surface area (Å²) in [6.45, 7) is 0. The van der Waals surface area contributed by atoms with E-state index >= 15 is 0 Å². The van der Waals surface area contributed by atoms with Crippen molar-refractivity contribution in [3.63, 3.8) is 0 Å². The van der Waals surface area contributed by atoms with Crippen molar-refractivity contribution in [2.75, 3.05) is 14.2 Å². The molecule has 1 N–H and O–H groups in total. The van der Waals surface area contributed by atoms with Gasteiger partial charge in [-0.2, -0.15) is 0 Å². The van der Waals surface area contributed by atoms with E-state index in [1.54, 1.807) is 30.3 Å². The zero-order chi connectivity index (χ0) is 18.9. The topological polar surface area (TPSA) is 81.7 Å². The molecule has 2 atom stereocenters. The molecule has 0 bridgehead atoms. The van der Waals surface area contributed by atoms with E-state index < -0.39 is 43.7 Å². The molecule has 0 aromatic heterocycles. The van der Waals surface area contributed by atoms with Crippen molar-refractivity contribution in [1.29, 1.82) is 0 Å². The minimum absolute atomic E-state index is 0.386. The van der Waals surface area contributed by atoms with Crippen LogP contribution in [0, 0.1) is 0 Å². The van der Waals surface area contributed by atoms with Crippen molar-refractivity contribution < 1.29 is 23.9 Å². The number of amides is 1. The molecule has 0 aliphatic rings. The van der Waals surface area contributed by atoms with E-state index in [4.69, 9.17) is 9.47 Å². The Bertz CT molecular complexity index is 751. The molecule has 0 aliphatic heterocycles. The van der Waals surface area contributed by atoms with Crippen LogP contribution in [0.1, 0.15) is 10.4 Å². The third-order valence-corrected chi connectivity index (χ3v) is 6.17. The molecule has 26 heavy (non-hydrogen) atoms. The van der Waals surface area contributed by atoms with Gasteiger partial charge >= 0.3 is 158 Å².